The van der Waals surface area contributed by atoms with Crippen LogP contribution < -0.4 is 5.32 Å². The molecule has 28 heavy (non-hydrogen) atoms. The van der Waals surface area contributed by atoms with Gasteiger partial charge in [0.05, 0.1) is 11.0 Å². The van der Waals surface area contributed by atoms with Crippen LogP contribution in [-0.2, 0) is 20.1 Å². The predicted octanol–water partition coefficient (Wildman–Crippen LogP) is 6.08. The quantitative estimate of drug-likeness (QED) is 0.373. The van der Waals surface area contributed by atoms with Gasteiger partial charge in [0.2, 0.25) is 5.95 Å². The Morgan fingerprint density at radius 1 is 0.929 bits per heavy atom. The van der Waals surface area contributed by atoms with Crippen molar-refractivity contribution in [1.82, 2.24) is 14.1 Å². The van der Waals surface area contributed by atoms with Gasteiger partial charge in [-0.2, -0.15) is 0 Å². The number of fused-ring (bicyclic) bond motifs is 4. The van der Waals surface area contributed by atoms with Crippen LogP contribution in [0.25, 0.3) is 32.8 Å². The van der Waals surface area contributed by atoms with Gasteiger partial charge in [-0.25, -0.2) is 4.98 Å². The number of para-hydroxylation sites is 2. The summed E-state index contributed by atoms with van der Waals surface area (Å²) in [5, 5.41) is 6.08. The van der Waals surface area contributed by atoms with Crippen LogP contribution in [0.1, 0.15) is 12.5 Å². The van der Waals surface area contributed by atoms with Crippen molar-refractivity contribution in [1.29, 1.82) is 0 Å². The number of anilines is 1. The molecule has 0 aliphatic rings. The highest BCUT2D eigenvalue weighted by molar-refractivity contribution is 9.10. The molecule has 0 aliphatic carbocycles. The molecular formula is C23H21BrN4. The first-order chi connectivity index (χ1) is 13.7. The highest BCUT2D eigenvalue weighted by Crippen LogP contribution is 2.32. The van der Waals surface area contributed by atoms with Gasteiger partial charge in [0.15, 0.2) is 0 Å². The number of hydrogen-bond acceptors (Lipinski definition) is 2. The number of rotatable bonds is 4. The van der Waals surface area contributed by atoms with E-state index >= 15 is 0 Å². The van der Waals surface area contributed by atoms with E-state index in [-0.39, 0.29) is 0 Å². The molecule has 0 aliphatic heterocycles. The first kappa shape index (κ1) is 17.3. The smallest absolute Gasteiger partial charge is 0.203 e. The minimum atomic E-state index is 0.736. The maximum Gasteiger partial charge on any atom is 0.203 e. The zero-order valence-electron chi connectivity index (χ0n) is 15.9. The fourth-order valence-electron chi connectivity index (χ4n) is 4.06. The summed E-state index contributed by atoms with van der Waals surface area (Å²) >= 11 is 3.62. The summed E-state index contributed by atoms with van der Waals surface area (Å²) in [7, 11) is 2.05. The van der Waals surface area contributed by atoms with Crippen LogP contribution in [0.3, 0.4) is 0 Å². The molecule has 5 aromatic rings. The topological polar surface area (TPSA) is 34.8 Å². The third kappa shape index (κ3) is 2.69. The molecule has 0 bridgehead atoms. The summed E-state index contributed by atoms with van der Waals surface area (Å²) in [6, 6.07) is 21.5. The molecule has 2 aromatic heterocycles. The Bertz CT molecular complexity index is 1330. The summed E-state index contributed by atoms with van der Waals surface area (Å²) in [6.45, 7) is 3.89. The Kier molecular flexibility index (Phi) is 4.13. The van der Waals surface area contributed by atoms with Crippen molar-refractivity contribution < 1.29 is 0 Å². The van der Waals surface area contributed by atoms with E-state index in [0.717, 1.165) is 34.5 Å². The zero-order chi connectivity index (χ0) is 19.3. The fraction of sp³-hybridized carbons (Fsp3) is 0.174. The largest absolute Gasteiger partial charge is 0.352 e. The van der Waals surface area contributed by atoms with Gasteiger partial charge in [0.1, 0.15) is 0 Å². The molecule has 5 rings (SSSR count). The number of aromatic nitrogens is 3. The van der Waals surface area contributed by atoms with Gasteiger partial charge in [-0.15, -0.1) is 0 Å². The monoisotopic (exact) mass is 432 g/mol. The predicted molar refractivity (Wildman–Crippen MR) is 121 cm³/mol. The molecule has 3 aromatic carbocycles. The van der Waals surface area contributed by atoms with Crippen molar-refractivity contribution in [2.24, 2.45) is 7.05 Å². The zero-order valence-corrected chi connectivity index (χ0v) is 17.5. The molecule has 1 N–H and O–H groups in total. The molecule has 5 heteroatoms. The number of imidazole rings is 1. The second kappa shape index (κ2) is 6.67. The van der Waals surface area contributed by atoms with Gasteiger partial charge in [-0.1, -0.05) is 34.1 Å². The van der Waals surface area contributed by atoms with Gasteiger partial charge in [0.25, 0.3) is 0 Å². The SMILES string of the molecule is CCn1c2ccc(Br)cc2c2cc(CNc3nc4ccccc4n3C)ccc21. The Morgan fingerprint density at radius 2 is 1.68 bits per heavy atom. The Morgan fingerprint density at radius 3 is 2.46 bits per heavy atom. The molecule has 2 heterocycles. The lowest BCUT2D eigenvalue weighted by Crippen LogP contribution is -2.05. The second-order valence-electron chi connectivity index (χ2n) is 7.09. The Hall–Kier alpha value is -2.79. The number of aryl methyl sites for hydroxylation is 2. The lowest BCUT2D eigenvalue weighted by molar-refractivity contribution is 0.827. The lowest BCUT2D eigenvalue weighted by Gasteiger charge is -2.07. The van der Waals surface area contributed by atoms with Crippen molar-refractivity contribution in [3.8, 4) is 0 Å². The average molecular weight is 433 g/mol. The summed E-state index contributed by atoms with van der Waals surface area (Å²) in [5.41, 5.74) is 5.95. The molecule has 0 spiro atoms. The molecular weight excluding hydrogens is 412 g/mol. The molecule has 0 unspecified atom stereocenters. The van der Waals surface area contributed by atoms with Crippen LogP contribution in [0.15, 0.2) is 65.1 Å². The van der Waals surface area contributed by atoms with E-state index in [1.165, 1.54) is 27.4 Å². The molecule has 0 atom stereocenters. The normalized spacial score (nSPS) is 11.7. The highest BCUT2D eigenvalue weighted by atomic mass is 79.9. The van der Waals surface area contributed by atoms with Gasteiger partial charge in [0, 0.05) is 46.4 Å². The van der Waals surface area contributed by atoms with Crippen LogP contribution in [-0.4, -0.2) is 14.1 Å². The van der Waals surface area contributed by atoms with Crippen LogP contribution in [0.5, 0.6) is 0 Å². The first-order valence-electron chi connectivity index (χ1n) is 9.51. The minimum absolute atomic E-state index is 0.736. The van der Waals surface area contributed by atoms with E-state index in [1.54, 1.807) is 0 Å². The molecule has 0 radical (unpaired) electrons. The fourth-order valence-corrected chi connectivity index (χ4v) is 4.42. The standard InChI is InChI=1S/C23H21BrN4/c1-3-28-20-10-8-15(12-17(20)18-13-16(24)9-11-21(18)28)14-25-23-26-19-6-4-5-7-22(19)27(23)2/h4-13H,3,14H2,1-2H3,(H,25,26). The third-order valence-corrected chi connectivity index (χ3v) is 5.94. The minimum Gasteiger partial charge on any atom is -0.352 e. The van der Waals surface area contributed by atoms with Crippen LogP contribution in [0.2, 0.25) is 0 Å². The molecule has 0 saturated heterocycles. The van der Waals surface area contributed by atoms with Crippen LogP contribution in [0, 0.1) is 0 Å². The van der Waals surface area contributed by atoms with Crippen LogP contribution in [0.4, 0.5) is 5.95 Å². The number of nitrogens with zero attached hydrogens (tertiary/aromatic N) is 3. The highest BCUT2D eigenvalue weighted by Gasteiger charge is 2.11. The van der Waals surface area contributed by atoms with E-state index in [0.29, 0.717) is 0 Å². The van der Waals surface area contributed by atoms with Gasteiger partial charge in [-0.3, -0.25) is 0 Å². The van der Waals surface area contributed by atoms with Gasteiger partial charge < -0.3 is 14.5 Å². The Labute approximate surface area is 171 Å². The summed E-state index contributed by atoms with van der Waals surface area (Å²) < 4.78 is 5.59. The van der Waals surface area contributed by atoms with Crippen molar-refractivity contribution in [3.05, 3.63) is 70.7 Å². The summed E-state index contributed by atoms with van der Waals surface area (Å²) in [5.74, 6) is 0.889. The average Bonchev–Trinajstić information content (AvgIpc) is 3.20. The number of benzene rings is 3. The summed E-state index contributed by atoms with van der Waals surface area (Å²) in [6.07, 6.45) is 0. The van der Waals surface area contributed by atoms with Crippen LogP contribution >= 0.6 is 15.9 Å². The number of nitrogens with one attached hydrogen (secondary N) is 1. The Balaban J connectivity index is 1.53. The first-order valence-corrected chi connectivity index (χ1v) is 10.3. The van der Waals surface area contributed by atoms with Crippen molar-refractivity contribution in [3.63, 3.8) is 0 Å². The van der Waals surface area contributed by atoms with Gasteiger partial charge >= 0.3 is 0 Å². The summed E-state index contributed by atoms with van der Waals surface area (Å²) in [4.78, 5) is 4.71. The van der Waals surface area contributed by atoms with Crippen molar-refractivity contribution in [2.75, 3.05) is 5.32 Å². The van der Waals surface area contributed by atoms with E-state index in [4.69, 9.17) is 4.98 Å². The second-order valence-corrected chi connectivity index (χ2v) is 8.01. The maximum absolute atomic E-state index is 4.71. The van der Waals surface area contributed by atoms with E-state index < -0.39 is 0 Å². The number of halogens is 1. The van der Waals surface area contributed by atoms with Gasteiger partial charge in [-0.05, 0) is 55.0 Å². The lowest BCUT2D eigenvalue weighted by atomic mass is 10.1. The number of hydrogen-bond donors (Lipinski definition) is 1. The van der Waals surface area contributed by atoms with E-state index in [2.05, 4.69) is 79.8 Å². The molecule has 4 nitrogen and oxygen atoms in total. The molecule has 0 saturated carbocycles. The molecule has 0 amide bonds. The van der Waals surface area contributed by atoms with E-state index in [9.17, 15) is 0 Å². The van der Waals surface area contributed by atoms with E-state index in [1.807, 2.05) is 25.2 Å². The van der Waals surface area contributed by atoms with Crippen molar-refractivity contribution >= 4 is 54.7 Å². The molecule has 140 valence electrons. The molecule has 0 fully saturated rings. The third-order valence-electron chi connectivity index (χ3n) is 5.45. The maximum atomic E-state index is 4.71. The van der Waals surface area contributed by atoms with Crippen molar-refractivity contribution in [2.45, 2.75) is 20.0 Å².